The Morgan fingerprint density at radius 1 is 1.15 bits per heavy atom. The summed E-state index contributed by atoms with van der Waals surface area (Å²) in [6.45, 7) is 12.8. The van der Waals surface area contributed by atoms with Gasteiger partial charge in [0.15, 0.2) is 0 Å². The number of carbonyl (C=O) groups excluding carboxylic acids is 2. The second-order valence-electron chi connectivity index (χ2n) is 10.4. The molecule has 2 rings (SSSR count). The quantitative estimate of drug-likeness (QED) is 0.490. The predicted molar refractivity (Wildman–Crippen MR) is 132 cm³/mol. The van der Waals surface area contributed by atoms with Crippen molar-refractivity contribution >= 4 is 11.9 Å². The molecule has 0 aliphatic carbocycles. The highest BCUT2D eigenvalue weighted by Crippen LogP contribution is 2.37. The maximum atomic E-state index is 13.3. The van der Waals surface area contributed by atoms with Crippen LogP contribution in [0.3, 0.4) is 0 Å². The fourth-order valence-electron chi connectivity index (χ4n) is 5.12. The first-order chi connectivity index (χ1) is 15.6. The zero-order valence-electron chi connectivity index (χ0n) is 21.6. The summed E-state index contributed by atoms with van der Waals surface area (Å²) in [5.41, 5.74) is 0.579. The second kappa shape index (κ2) is 12.5. The van der Waals surface area contributed by atoms with Gasteiger partial charge in [-0.2, -0.15) is 0 Å². The van der Waals surface area contributed by atoms with Crippen molar-refractivity contribution in [2.75, 3.05) is 13.7 Å². The number of hydrogen-bond donors (Lipinski definition) is 1. The lowest BCUT2D eigenvalue weighted by Crippen LogP contribution is -2.54. The molecule has 0 spiro atoms. The number of benzene rings is 1. The van der Waals surface area contributed by atoms with Crippen LogP contribution in [0.15, 0.2) is 30.3 Å². The number of likely N-dealkylation sites (tertiary alicyclic amines) is 1. The third-order valence-electron chi connectivity index (χ3n) is 6.60. The van der Waals surface area contributed by atoms with Crippen molar-refractivity contribution in [1.82, 2.24) is 10.2 Å². The first-order valence-electron chi connectivity index (χ1n) is 12.4. The number of carbonyl (C=O) groups is 2. The minimum atomic E-state index is -0.559. The van der Waals surface area contributed by atoms with Crippen LogP contribution >= 0.6 is 0 Å². The monoisotopic (exact) mass is 460 g/mol. The molecule has 6 heteroatoms. The van der Waals surface area contributed by atoms with Gasteiger partial charge in [0, 0.05) is 38.6 Å². The molecule has 1 N–H and O–H groups in total. The van der Waals surface area contributed by atoms with Crippen molar-refractivity contribution in [3.05, 3.63) is 35.9 Å². The van der Waals surface area contributed by atoms with Gasteiger partial charge in [-0.25, -0.2) is 0 Å². The van der Waals surface area contributed by atoms with E-state index < -0.39 is 5.60 Å². The Morgan fingerprint density at radius 2 is 1.79 bits per heavy atom. The molecule has 6 nitrogen and oxygen atoms in total. The molecule has 33 heavy (non-hydrogen) atoms. The second-order valence-corrected chi connectivity index (χ2v) is 10.4. The number of nitrogens with one attached hydrogen (secondary N) is 1. The SMILES string of the molecule is CCC(CC)C[C@H](NC(C)=O)[C@H]1[C@H](COC)CC(C(=O)OC(C)(C)C)N1Cc1ccccc1. The van der Waals surface area contributed by atoms with E-state index >= 15 is 0 Å². The summed E-state index contributed by atoms with van der Waals surface area (Å²) < 4.78 is 11.4. The third-order valence-corrected chi connectivity index (χ3v) is 6.60. The number of ether oxygens (including phenoxy) is 2. The zero-order chi connectivity index (χ0) is 24.6. The normalized spacial score (nSPS) is 22.4. The Bertz CT molecular complexity index is 742. The molecule has 0 radical (unpaired) electrons. The first kappa shape index (κ1) is 27.3. The van der Waals surface area contributed by atoms with E-state index in [1.165, 1.54) is 0 Å². The van der Waals surface area contributed by atoms with Crippen molar-refractivity contribution in [2.45, 2.75) is 97.5 Å². The van der Waals surface area contributed by atoms with E-state index in [4.69, 9.17) is 9.47 Å². The summed E-state index contributed by atoms with van der Waals surface area (Å²) in [4.78, 5) is 27.9. The van der Waals surface area contributed by atoms with E-state index in [0.29, 0.717) is 25.5 Å². The largest absolute Gasteiger partial charge is 0.459 e. The van der Waals surface area contributed by atoms with Crippen LogP contribution in [-0.2, 0) is 25.6 Å². The molecule has 0 bridgehead atoms. The van der Waals surface area contributed by atoms with Crippen molar-refractivity contribution in [3.8, 4) is 0 Å². The van der Waals surface area contributed by atoms with Crippen molar-refractivity contribution in [3.63, 3.8) is 0 Å². The van der Waals surface area contributed by atoms with Crippen LogP contribution in [0.1, 0.15) is 72.8 Å². The Kier molecular flexibility index (Phi) is 10.4. The molecule has 1 aromatic rings. The van der Waals surface area contributed by atoms with Crippen LogP contribution in [0.5, 0.6) is 0 Å². The van der Waals surface area contributed by atoms with Crippen molar-refractivity contribution in [2.24, 2.45) is 11.8 Å². The minimum Gasteiger partial charge on any atom is -0.459 e. The number of nitrogens with zero attached hydrogens (tertiary/aromatic N) is 1. The molecule has 1 heterocycles. The number of rotatable bonds is 11. The molecule has 186 valence electrons. The Hall–Kier alpha value is -1.92. The van der Waals surface area contributed by atoms with E-state index in [0.717, 1.165) is 24.8 Å². The van der Waals surface area contributed by atoms with Gasteiger partial charge in [-0.1, -0.05) is 57.0 Å². The van der Waals surface area contributed by atoms with Gasteiger partial charge in [0.2, 0.25) is 5.91 Å². The van der Waals surface area contributed by atoms with Gasteiger partial charge in [-0.15, -0.1) is 0 Å². The molecular weight excluding hydrogens is 416 g/mol. The zero-order valence-corrected chi connectivity index (χ0v) is 21.6. The standard InChI is InChI=1S/C27H44N2O4/c1-8-20(9-2)15-23(28-19(3)30)25-22(18-32-7)16-24(26(31)33-27(4,5)6)29(25)17-21-13-11-10-12-14-21/h10-14,20,22-25H,8-9,15-18H2,1-7H3,(H,28,30)/t22-,23-,24?,25+/m0/s1. The maximum Gasteiger partial charge on any atom is 0.323 e. The molecule has 1 amide bonds. The summed E-state index contributed by atoms with van der Waals surface area (Å²) in [5, 5.41) is 3.24. The Morgan fingerprint density at radius 3 is 2.30 bits per heavy atom. The highest BCUT2D eigenvalue weighted by molar-refractivity contribution is 5.77. The lowest BCUT2D eigenvalue weighted by molar-refractivity contribution is -0.161. The van der Waals surface area contributed by atoms with Gasteiger partial charge >= 0.3 is 5.97 Å². The summed E-state index contributed by atoms with van der Waals surface area (Å²) in [6, 6.07) is 9.73. The topological polar surface area (TPSA) is 67.9 Å². The van der Waals surface area contributed by atoms with Gasteiger partial charge in [0.25, 0.3) is 0 Å². The van der Waals surface area contributed by atoms with Crippen LogP contribution in [0, 0.1) is 11.8 Å². The average Bonchev–Trinajstić information content (AvgIpc) is 3.08. The molecule has 1 saturated heterocycles. The number of amides is 1. The number of esters is 1. The van der Waals surface area contributed by atoms with Crippen LogP contribution in [0.2, 0.25) is 0 Å². The minimum absolute atomic E-state index is 0.0211. The molecule has 1 aliphatic heterocycles. The van der Waals surface area contributed by atoms with Gasteiger partial charge in [-0.3, -0.25) is 14.5 Å². The van der Waals surface area contributed by atoms with Gasteiger partial charge < -0.3 is 14.8 Å². The Labute approximate surface area is 200 Å². The fraction of sp³-hybridized carbons (Fsp3) is 0.704. The highest BCUT2D eigenvalue weighted by Gasteiger charge is 2.49. The highest BCUT2D eigenvalue weighted by atomic mass is 16.6. The average molecular weight is 461 g/mol. The smallest absolute Gasteiger partial charge is 0.323 e. The van der Waals surface area contributed by atoms with Gasteiger partial charge in [0.05, 0.1) is 6.61 Å². The summed E-state index contributed by atoms with van der Waals surface area (Å²) in [5.74, 6) is 0.375. The van der Waals surface area contributed by atoms with Crippen LogP contribution in [0.25, 0.3) is 0 Å². The van der Waals surface area contributed by atoms with E-state index in [1.54, 1.807) is 14.0 Å². The van der Waals surface area contributed by atoms with E-state index in [2.05, 4.69) is 36.2 Å². The van der Waals surface area contributed by atoms with Crippen molar-refractivity contribution < 1.29 is 19.1 Å². The molecular formula is C27H44N2O4. The molecule has 0 aromatic heterocycles. The fourth-order valence-corrected chi connectivity index (χ4v) is 5.12. The molecule has 1 aliphatic rings. The van der Waals surface area contributed by atoms with Crippen molar-refractivity contribution in [1.29, 1.82) is 0 Å². The maximum absolute atomic E-state index is 13.3. The predicted octanol–water partition coefficient (Wildman–Crippen LogP) is 4.56. The first-order valence-corrected chi connectivity index (χ1v) is 12.4. The van der Waals surface area contributed by atoms with Crippen LogP contribution in [-0.4, -0.2) is 54.2 Å². The number of methoxy groups -OCH3 is 1. The molecule has 0 saturated carbocycles. The van der Waals surface area contributed by atoms with E-state index in [9.17, 15) is 9.59 Å². The summed E-state index contributed by atoms with van der Waals surface area (Å²) in [7, 11) is 1.70. The summed E-state index contributed by atoms with van der Waals surface area (Å²) in [6.07, 6.45) is 3.65. The molecule has 1 unspecified atom stereocenters. The molecule has 1 aromatic carbocycles. The lowest BCUT2D eigenvalue weighted by atomic mass is 9.86. The van der Waals surface area contributed by atoms with Gasteiger partial charge in [0.1, 0.15) is 11.6 Å². The van der Waals surface area contributed by atoms with Gasteiger partial charge in [-0.05, 0) is 45.1 Å². The third kappa shape index (κ3) is 8.11. The Balaban J connectivity index is 2.48. The molecule has 1 fully saturated rings. The van der Waals surface area contributed by atoms with E-state index in [1.807, 2.05) is 39.0 Å². The lowest BCUT2D eigenvalue weighted by Gasteiger charge is -2.38. The molecule has 4 atom stereocenters. The number of hydrogen-bond acceptors (Lipinski definition) is 5. The van der Waals surface area contributed by atoms with E-state index in [-0.39, 0.29) is 35.9 Å². The van der Waals surface area contributed by atoms with Crippen LogP contribution < -0.4 is 5.32 Å². The van der Waals surface area contributed by atoms with Crippen LogP contribution in [0.4, 0.5) is 0 Å². The summed E-state index contributed by atoms with van der Waals surface area (Å²) >= 11 is 0.